The van der Waals surface area contributed by atoms with E-state index in [1.54, 1.807) is 0 Å². The van der Waals surface area contributed by atoms with E-state index in [1.807, 2.05) is 37.3 Å². The highest BCUT2D eigenvalue weighted by atomic mass is 35.5. The summed E-state index contributed by atoms with van der Waals surface area (Å²) in [5.41, 5.74) is 1.87. The van der Waals surface area contributed by atoms with Crippen LogP contribution in [0.25, 0.3) is 11.3 Å². The van der Waals surface area contributed by atoms with Crippen LogP contribution in [0.2, 0.25) is 0 Å². The first-order valence-corrected chi connectivity index (χ1v) is 8.20. The lowest BCUT2D eigenvalue weighted by molar-refractivity contribution is -0.121. The molecule has 1 aromatic carbocycles. The zero-order valence-electron chi connectivity index (χ0n) is 14.7. The van der Waals surface area contributed by atoms with Crippen molar-refractivity contribution < 1.29 is 9.21 Å². The molecule has 2 aromatic rings. The molecule has 140 valence electrons. The zero-order valence-corrected chi connectivity index (χ0v) is 16.3. The van der Waals surface area contributed by atoms with E-state index in [4.69, 9.17) is 4.42 Å². The average molecular weight is 388 g/mol. The van der Waals surface area contributed by atoms with Crippen molar-refractivity contribution in [3.8, 4) is 11.3 Å². The van der Waals surface area contributed by atoms with Gasteiger partial charge in [0.05, 0.1) is 5.69 Å². The molecular formula is C18H27Cl2N3O2. The van der Waals surface area contributed by atoms with Crippen LogP contribution in [0.15, 0.2) is 34.7 Å². The Kier molecular flexibility index (Phi) is 12.0. The van der Waals surface area contributed by atoms with E-state index in [0.29, 0.717) is 25.3 Å². The quantitative estimate of drug-likeness (QED) is 0.645. The summed E-state index contributed by atoms with van der Waals surface area (Å²) < 4.78 is 5.81. The lowest BCUT2D eigenvalue weighted by atomic mass is 10.1. The van der Waals surface area contributed by atoms with Gasteiger partial charge in [-0.05, 0) is 19.9 Å². The second-order valence-electron chi connectivity index (χ2n) is 5.49. The summed E-state index contributed by atoms with van der Waals surface area (Å²) in [5, 5.41) is 6.14. The van der Waals surface area contributed by atoms with E-state index in [9.17, 15) is 4.79 Å². The Bertz CT molecular complexity index is 618. The molecule has 0 saturated carbocycles. The van der Waals surface area contributed by atoms with Crippen molar-refractivity contribution in [2.45, 2.75) is 33.1 Å². The van der Waals surface area contributed by atoms with Gasteiger partial charge in [0.15, 0.2) is 11.7 Å². The predicted molar refractivity (Wildman–Crippen MR) is 106 cm³/mol. The van der Waals surface area contributed by atoms with Gasteiger partial charge in [-0.3, -0.25) is 4.79 Å². The average Bonchev–Trinajstić information content (AvgIpc) is 2.94. The Morgan fingerprint density at radius 2 is 1.84 bits per heavy atom. The summed E-state index contributed by atoms with van der Waals surface area (Å²) in [6, 6.07) is 9.89. The first-order valence-electron chi connectivity index (χ1n) is 8.20. The number of hydrogen-bond acceptors (Lipinski definition) is 4. The van der Waals surface area contributed by atoms with Crippen molar-refractivity contribution in [1.82, 2.24) is 15.6 Å². The van der Waals surface area contributed by atoms with Crippen LogP contribution in [0, 0.1) is 6.92 Å². The van der Waals surface area contributed by atoms with Crippen LogP contribution in [0.5, 0.6) is 0 Å². The SMILES string of the molecule is CCCNCCNC(=O)CCc1nc(C)c(-c2ccccc2)o1.Cl.Cl. The number of carbonyl (C=O) groups excluding carboxylic acids is 1. The van der Waals surface area contributed by atoms with E-state index in [0.717, 1.165) is 36.5 Å². The van der Waals surface area contributed by atoms with Crippen LogP contribution >= 0.6 is 24.8 Å². The molecule has 1 heterocycles. The Hall–Kier alpha value is -1.56. The van der Waals surface area contributed by atoms with Crippen LogP contribution in [-0.4, -0.2) is 30.5 Å². The van der Waals surface area contributed by atoms with Gasteiger partial charge in [-0.15, -0.1) is 24.8 Å². The fraction of sp³-hybridized carbons (Fsp3) is 0.444. The molecule has 0 unspecified atom stereocenters. The number of amides is 1. The molecule has 1 amide bonds. The molecule has 2 N–H and O–H groups in total. The molecule has 0 fully saturated rings. The first-order chi connectivity index (χ1) is 11.2. The molecule has 7 heteroatoms. The number of carbonyl (C=O) groups is 1. The molecule has 1 aromatic heterocycles. The number of oxazole rings is 1. The minimum absolute atomic E-state index is 0. The van der Waals surface area contributed by atoms with Crippen LogP contribution in [0.4, 0.5) is 0 Å². The lowest BCUT2D eigenvalue weighted by Gasteiger charge is -2.05. The molecule has 0 saturated heterocycles. The Morgan fingerprint density at radius 3 is 2.52 bits per heavy atom. The third-order valence-electron chi connectivity index (χ3n) is 3.49. The second kappa shape index (κ2) is 12.8. The number of rotatable bonds is 9. The first kappa shape index (κ1) is 23.4. The van der Waals surface area contributed by atoms with Gasteiger partial charge in [0.2, 0.25) is 5.91 Å². The van der Waals surface area contributed by atoms with Gasteiger partial charge in [-0.2, -0.15) is 0 Å². The van der Waals surface area contributed by atoms with Crippen molar-refractivity contribution in [1.29, 1.82) is 0 Å². The second-order valence-corrected chi connectivity index (χ2v) is 5.49. The third-order valence-corrected chi connectivity index (χ3v) is 3.49. The normalized spacial score (nSPS) is 9.84. The molecule has 0 radical (unpaired) electrons. The standard InChI is InChI=1S/C18H25N3O2.2ClH/c1-3-11-19-12-13-20-16(22)9-10-17-21-14(2)18(23-17)15-7-5-4-6-8-15;;/h4-8,19H,3,9-13H2,1-2H3,(H,20,22);2*1H. The van der Waals surface area contributed by atoms with E-state index in [2.05, 4.69) is 22.5 Å². The molecule has 0 atom stereocenters. The summed E-state index contributed by atoms with van der Waals surface area (Å²) in [5.74, 6) is 1.42. The van der Waals surface area contributed by atoms with Crippen LogP contribution in [-0.2, 0) is 11.2 Å². The largest absolute Gasteiger partial charge is 0.440 e. The Morgan fingerprint density at radius 1 is 1.12 bits per heavy atom. The number of halogens is 2. The van der Waals surface area contributed by atoms with Gasteiger partial charge in [-0.25, -0.2) is 4.98 Å². The summed E-state index contributed by atoms with van der Waals surface area (Å²) in [6.45, 7) is 6.48. The molecule has 0 aliphatic carbocycles. The topological polar surface area (TPSA) is 67.2 Å². The Balaban J connectivity index is 0.00000288. The molecule has 0 aliphatic heterocycles. The van der Waals surface area contributed by atoms with Gasteiger partial charge in [0.25, 0.3) is 0 Å². The number of nitrogens with zero attached hydrogens (tertiary/aromatic N) is 1. The third kappa shape index (κ3) is 7.90. The summed E-state index contributed by atoms with van der Waals surface area (Å²) >= 11 is 0. The highest BCUT2D eigenvalue weighted by molar-refractivity contribution is 5.85. The fourth-order valence-electron chi connectivity index (χ4n) is 2.32. The monoisotopic (exact) mass is 387 g/mol. The maximum atomic E-state index is 11.8. The van der Waals surface area contributed by atoms with E-state index < -0.39 is 0 Å². The molecule has 2 rings (SSSR count). The van der Waals surface area contributed by atoms with Gasteiger partial charge in [-0.1, -0.05) is 37.3 Å². The maximum Gasteiger partial charge on any atom is 0.220 e. The van der Waals surface area contributed by atoms with Gasteiger partial charge >= 0.3 is 0 Å². The predicted octanol–water partition coefficient (Wildman–Crippen LogP) is 3.54. The number of hydrogen-bond donors (Lipinski definition) is 2. The minimum Gasteiger partial charge on any atom is -0.440 e. The van der Waals surface area contributed by atoms with Crippen LogP contribution < -0.4 is 10.6 Å². The van der Waals surface area contributed by atoms with Crippen molar-refractivity contribution in [3.05, 3.63) is 41.9 Å². The zero-order chi connectivity index (χ0) is 16.5. The minimum atomic E-state index is 0. The van der Waals surface area contributed by atoms with Gasteiger partial charge < -0.3 is 15.1 Å². The van der Waals surface area contributed by atoms with Crippen molar-refractivity contribution >= 4 is 30.7 Å². The highest BCUT2D eigenvalue weighted by Crippen LogP contribution is 2.24. The van der Waals surface area contributed by atoms with Crippen molar-refractivity contribution in [2.24, 2.45) is 0 Å². The molecule has 5 nitrogen and oxygen atoms in total. The fourth-order valence-corrected chi connectivity index (χ4v) is 2.32. The maximum absolute atomic E-state index is 11.8. The highest BCUT2D eigenvalue weighted by Gasteiger charge is 2.12. The molecule has 25 heavy (non-hydrogen) atoms. The smallest absolute Gasteiger partial charge is 0.220 e. The van der Waals surface area contributed by atoms with Gasteiger partial charge in [0.1, 0.15) is 0 Å². The molecule has 0 aliphatic rings. The van der Waals surface area contributed by atoms with Gasteiger partial charge in [0, 0.05) is 31.5 Å². The molecule has 0 bridgehead atoms. The lowest BCUT2D eigenvalue weighted by Crippen LogP contribution is -2.32. The molecule has 0 spiro atoms. The molecular weight excluding hydrogens is 361 g/mol. The summed E-state index contributed by atoms with van der Waals surface area (Å²) in [7, 11) is 0. The van der Waals surface area contributed by atoms with Crippen LogP contribution in [0.3, 0.4) is 0 Å². The van der Waals surface area contributed by atoms with E-state index in [-0.39, 0.29) is 30.7 Å². The van der Waals surface area contributed by atoms with Crippen molar-refractivity contribution in [3.63, 3.8) is 0 Å². The van der Waals surface area contributed by atoms with E-state index in [1.165, 1.54) is 0 Å². The van der Waals surface area contributed by atoms with E-state index >= 15 is 0 Å². The number of benzene rings is 1. The summed E-state index contributed by atoms with van der Waals surface area (Å²) in [4.78, 5) is 16.2. The number of aryl methyl sites for hydroxylation is 2. The number of aromatic nitrogens is 1. The number of nitrogens with one attached hydrogen (secondary N) is 2. The summed E-state index contributed by atoms with van der Waals surface area (Å²) in [6.07, 6.45) is 2.01. The van der Waals surface area contributed by atoms with Crippen molar-refractivity contribution in [2.75, 3.05) is 19.6 Å². The Labute approximate surface area is 161 Å². The van der Waals surface area contributed by atoms with Crippen LogP contribution in [0.1, 0.15) is 31.4 Å².